The molecule has 0 saturated carbocycles. The molecule has 2 atom stereocenters. The summed E-state index contributed by atoms with van der Waals surface area (Å²) in [4.78, 5) is 12.3. The Labute approximate surface area is 152 Å². The molecule has 0 fully saturated rings. The van der Waals surface area contributed by atoms with Crippen LogP contribution in [0.4, 0.5) is 0 Å². The van der Waals surface area contributed by atoms with Gasteiger partial charge < -0.3 is 9.16 Å². The lowest BCUT2D eigenvalue weighted by atomic mass is 10.2. The van der Waals surface area contributed by atoms with Gasteiger partial charge in [0.15, 0.2) is 23.4 Å². The van der Waals surface area contributed by atoms with E-state index in [9.17, 15) is 13.2 Å². The van der Waals surface area contributed by atoms with Crippen molar-refractivity contribution in [3.63, 3.8) is 0 Å². The van der Waals surface area contributed by atoms with Crippen molar-refractivity contribution in [2.24, 2.45) is 0 Å². The standard InChI is InChI=1S/C18H30O5SSi/c1-14(23-25(6,7)18(2,3)4)13-16(17(19)22-5)24(20,21)15-11-9-8-10-12-15/h8-12,14,16H,13H2,1-7H3/t14-,16?/m0/s1. The van der Waals surface area contributed by atoms with Crippen LogP contribution in [0.5, 0.6) is 0 Å². The van der Waals surface area contributed by atoms with Gasteiger partial charge in [0.2, 0.25) is 0 Å². The van der Waals surface area contributed by atoms with Gasteiger partial charge in [-0.1, -0.05) is 39.0 Å². The highest BCUT2D eigenvalue weighted by atomic mass is 32.2. The molecule has 1 unspecified atom stereocenters. The molecule has 0 aliphatic carbocycles. The van der Waals surface area contributed by atoms with Crippen molar-refractivity contribution in [2.45, 2.75) is 68.5 Å². The lowest BCUT2D eigenvalue weighted by Gasteiger charge is -2.38. The van der Waals surface area contributed by atoms with Crippen molar-refractivity contribution < 1.29 is 22.4 Å². The van der Waals surface area contributed by atoms with Gasteiger partial charge in [-0.2, -0.15) is 0 Å². The fourth-order valence-electron chi connectivity index (χ4n) is 2.28. The van der Waals surface area contributed by atoms with Crippen LogP contribution >= 0.6 is 0 Å². The zero-order chi connectivity index (χ0) is 19.5. The molecule has 142 valence electrons. The predicted octanol–water partition coefficient (Wildman–Crippen LogP) is 3.80. The first-order valence-electron chi connectivity index (χ1n) is 8.37. The van der Waals surface area contributed by atoms with Gasteiger partial charge in [0, 0.05) is 6.10 Å². The minimum Gasteiger partial charge on any atom is -0.468 e. The van der Waals surface area contributed by atoms with Crippen LogP contribution in [0.15, 0.2) is 35.2 Å². The third-order valence-corrected chi connectivity index (χ3v) is 11.4. The third kappa shape index (κ3) is 5.39. The summed E-state index contributed by atoms with van der Waals surface area (Å²) in [5.74, 6) is -0.755. The van der Waals surface area contributed by atoms with E-state index in [0.717, 1.165) is 0 Å². The maximum atomic E-state index is 12.9. The second kappa shape index (κ2) is 8.01. The van der Waals surface area contributed by atoms with E-state index in [1.165, 1.54) is 19.2 Å². The Balaban J connectivity index is 3.08. The van der Waals surface area contributed by atoms with Crippen molar-refractivity contribution in [1.82, 2.24) is 0 Å². The zero-order valence-electron chi connectivity index (χ0n) is 16.2. The van der Waals surface area contributed by atoms with Crippen molar-refractivity contribution in [1.29, 1.82) is 0 Å². The second-order valence-corrected chi connectivity index (χ2v) is 14.7. The van der Waals surface area contributed by atoms with Gasteiger partial charge in [0.25, 0.3) is 0 Å². The number of rotatable bonds is 7. The minimum absolute atomic E-state index is 0.000324. The number of carbonyl (C=O) groups is 1. The molecule has 0 aromatic heterocycles. The topological polar surface area (TPSA) is 69.7 Å². The SMILES string of the molecule is COC(=O)C(C[C@H](C)O[Si](C)(C)C(C)(C)C)S(=O)(=O)c1ccccc1. The van der Waals surface area contributed by atoms with Gasteiger partial charge in [0.05, 0.1) is 12.0 Å². The molecule has 0 aliphatic heterocycles. The molecule has 0 N–H and O–H groups in total. The normalized spacial score (nSPS) is 15.5. The van der Waals surface area contributed by atoms with E-state index in [1.807, 2.05) is 6.92 Å². The maximum Gasteiger partial charge on any atom is 0.324 e. The molecule has 0 amide bonds. The van der Waals surface area contributed by atoms with E-state index < -0.39 is 29.4 Å². The fourth-order valence-corrected chi connectivity index (χ4v) is 5.48. The van der Waals surface area contributed by atoms with Crippen LogP contribution in [-0.2, 0) is 23.8 Å². The van der Waals surface area contributed by atoms with Gasteiger partial charge in [-0.25, -0.2) is 8.42 Å². The summed E-state index contributed by atoms with van der Waals surface area (Å²) in [7, 11) is -4.70. The average molecular weight is 387 g/mol. The van der Waals surface area contributed by atoms with Gasteiger partial charge in [-0.3, -0.25) is 4.79 Å². The summed E-state index contributed by atoms with van der Waals surface area (Å²) in [6.45, 7) is 12.4. The van der Waals surface area contributed by atoms with Crippen LogP contribution in [0.2, 0.25) is 18.1 Å². The first kappa shape index (κ1) is 21.9. The number of methoxy groups -OCH3 is 1. The number of carbonyl (C=O) groups excluding carboxylic acids is 1. The molecule has 7 heteroatoms. The van der Waals surface area contributed by atoms with E-state index in [4.69, 9.17) is 9.16 Å². The van der Waals surface area contributed by atoms with Crippen LogP contribution in [0.3, 0.4) is 0 Å². The van der Waals surface area contributed by atoms with Crippen LogP contribution in [0, 0.1) is 0 Å². The van der Waals surface area contributed by atoms with Gasteiger partial charge >= 0.3 is 5.97 Å². The quantitative estimate of drug-likeness (QED) is 0.526. The van der Waals surface area contributed by atoms with Crippen LogP contribution < -0.4 is 0 Å². The Bertz CT molecular complexity index is 677. The first-order valence-corrected chi connectivity index (χ1v) is 12.8. The van der Waals surface area contributed by atoms with Crippen molar-refractivity contribution in [2.75, 3.05) is 7.11 Å². The van der Waals surface area contributed by atoms with Crippen LogP contribution in [-0.4, -0.2) is 41.2 Å². The largest absolute Gasteiger partial charge is 0.468 e. The number of esters is 1. The molecule has 0 heterocycles. The second-order valence-electron chi connectivity index (χ2n) is 7.79. The van der Waals surface area contributed by atoms with Crippen molar-refractivity contribution in [3.8, 4) is 0 Å². The molecule has 0 bridgehead atoms. The summed E-state index contributed by atoms with van der Waals surface area (Å²) >= 11 is 0. The molecule has 0 saturated heterocycles. The highest BCUT2D eigenvalue weighted by molar-refractivity contribution is 7.92. The van der Waals surface area contributed by atoms with E-state index in [0.29, 0.717) is 0 Å². The lowest BCUT2D eigenvalue weighted by molar-refractivity contribution is -0.140. The Kier molecular flexibility index (Phi) is 7.01. The molecule has 0 spiro atoms. The van der Waals surface area contributed by atoms with E-state index >= 15 is 0 Å². The third-order valence-electron chi connectivity index (χ3n) is 4.76. The minimum atomic E-state index is -3.84. The Morgan fingerprint density at radius 2 is 1.68 bits per heavy atom. The van der Waals surface area contributed by atoms with E-state index in [2.05, 4.69) is 33.9 Å². The predicted molar refractivity (Wildman–Crippen MR) is 102 cm³/mol. The summed E-state index contributed by atoms with van der Waals surface area (Å²) < 4.78 is 36.8. The Morgan fingerprint density at radius 1 is 1.16 bits per heavy atom. The summed E-state index contributed by atoms with van der Waals surface area (Å²) in [6, 6.07) is 7.98. The van der Waals surface area contributed by atoms with Crippen LogP contribution in [0.1, 0.15) is 34.1 Å². The van der Waals surface area contributed by atoms with E-state index in [1.54, 1.807) is 18.2 Å². The molecular formula is C18H30O5SSi. The van der Waals surface area contributed by atoms with Crippen molar-refractivity contribution >= 4 is 24.1 Å². The summed E-state index contributed by atoms with van der Waals surface area (Å²) in [5, 5.41) is -1.28. The van der Waals surface area contributed by atoms with Gasteiger partial charge in [-0.15, -0.1) is 0 Å². The smallest absolute Gasteiger partial charge is 0.324 e. The monoisotopic (exact) mass is 386 g/mol. The van der Waals surface area contributed by atoms with Crippen molar-refractivity contribution in [3.05, 3.63) is 30.3 Å². The number of hydrogen-bond donors (Lipinski definition) is 0. The molecule has 0 aliphatic rings. The van der Waals surface area contributed by atoms with Gasteiger partial charge in [-0.05, 0) is 43.6 Å². The lowest BCUT2D eigenvalue weighted by Crippen LogP contribution is -2.45. The Hall–Kier alpha value is -1.18. The molecule has 1 aromatic rings. The summed E-state index contributed by atoms with van der Waals surface area (Å²) in [6.07, 6.45) is -0.306. The highest BCUT2D eigenvalue weighted by Crippen LogP contribution is 2.38. The highest BCUT2D eigenvalue weighted by Gasteiger charge is 2.41. The number of ether oxygens (including phenoxy) is 1. The molecule has 25 heavy (non-hydrogen) atoms. The molecule has 1 aromatic carbocycles. The number of benzene rings is 1. The van der Waals surface area contributed by atoms with Crippen LogP contribution in [0.25, 0.3) is 0 Å². The summed E-state index contributed by atoms with van der Waals surface area (Å²) in [5.41, 5.74) is 0. The molecule has 1 rings (SSSR count). The van der Waals surface area contributed by atoms with E-state index in [-0.39, 0.29) is 22.5 Å². The zero-order valence-corrected chi connectivity index (χ0v) is 18.0. The average Bonchev–Trinajstić information content (AvgIpc) is 2.51. The number of hydrogen-bond acceptors (Lipinski definition) is 5. The Morgan fingerprint density at radius 3 is 2.12 bits per heavy atom. The van der Waals surface area contributed by atoms with Gasteiger partial charge in [0.1, 0.15) is 0 Å². The first-order chi connectivity index (χ1) is 11.3. The molecule has 5 nitrogen and oxygen atoms in total. The number of sulfone groups is 1. The fraction of sp³-hybridized carbons (Fsp3) is 0.611. The molecular weight excluding hydrogens is 356 g/mol. The maximum absolute atomic E-state index is 12.9. The molecule has 0 radical (unpaired) electrons.